The number of rotatable bonds is 5. The van der Waals surface area contributed by atoms with Crippen LogP contribution in [0.25, 0.3) is 0 Å². The van der Waals surface area contributed by atoms with Crippen molar-refractivity contribution in [2.24, 2.45) is 0 Å². The van der Waals surface area contributed by atoms with E-state index in [-0.39, 0.29) is 5.91 Å². The highest BCUT2D eigenvalue weighted by molar-refractivity contribution is 9.10. The van der Waals surface area contributed by atoms with Crippen molar-refractivity contribution in [1.82, 2.24) is 0 Å². The van der Waals surface area contributed by atoms with Gasteiger partial charge in [0.2, 0.25) is 5.91 Å². The lowest BCUT2D eigenvalue weighted by atomic mass is 10.2. The third-order valence-corrected chi connectivity index (χ3v) is 5.64. The van der Waals surface area contributed by atoms with Crippen molar-refractivity contribution in [1.29, 1.82) is 0 Å². The van der Waals surface area contributed by atoms with Gasteiger partial charge in [0.25, 0.3) is 0 Å². The van der Waals surface area contributed by atoms with Gasteiger partial charge in [-0.2, -0.15) is 11.8 Å². The summed E-state index contributed by atoms with van der Waals surface area (Å²) in [6.07, 6.45) is 5.86. The minimum absolute atomic E-state index is 0.0443. The quantitative estimate of drug-likeness (QED) is 0.744. The number of hydrogen-bond donors (Lipinski definition) is 1. The molecule has 1 saturated carbocycles. The first-order valence-corrected chi connectivity index (χ1v) is 9.15. The molecule has 1 N–H and O–H groups in total. The zero-order valence-corrected chi connectivity index (χ0v) is 14.7. The Morgan fingerprint density at radius 3 is 2.80 bits per heavy atom. The van der Waals surface area contributed by atoms with E-state index in [2.05, 4.69) is 21.2 Å². The van der Waals surface area contributed by atoms with Crippen LogP contribution in [0.2, 0.25) is 5.02 Å². The van der Waals surface area contributed by atoms with Crippen LogP contribution in [-0.4, -0.2) is 16.9 Å². The lowest BCUT2D eigenvalue weighted by molar-refractivity contribution is -0.115. The van der Waals surface area contributed by atoms with Gasteiger partial charge in [-0.25, -0.2) is 0 Å². The number of carbonyl (C=O) groups excluding carboxylic acids is 1. The van der Waals surface area contributed by atoms with Gasteiger partial charge in [0.05, 0.1) is 10.7 Å². The summed E-state index contributed by atoms with van der Waals surface area (Å²) >= 11 is 11.5. The van der Waals surface area contributed by atoms with Crippen molar-refractivity contribution < 1.29 is 4.79 Å². The molecule has 110 valence electrons. The summed E-state index contributed by atoms with van der Waals surface area (Å²) < 4.78 is 0.926. The maximum absolute atomic E-state index is 12.0. The first-order chi connectivity index (χ1) is 9.56. The maximum Gasteiger partial charge on any atom is 0.225 e. The molecule has 0 aromatic heterocycles. The summed E-state index contributed by atoms with van der Waals surface area (Å²) in [6.45, 7) is 1.94. The number of carbonyl (C=O) groups is 1. The van der Waals surface area contributed by atoms with Gasteiger partial charge in [-0.15, -0.1) is 0 Å². The van der Waals surface area contributed by atoms with Crippen molar-refractivity contribution >= 4 is 50.9 Å². The van der Waals surface area contributed by atoms with Gasteiger partial charge in [0.1, 0.15) is 0 Å². The van der Waals surface area contributed by atoms with Gasteiger partial charge in [-0.3, -0.25) is 4.79 Å². The fourth-order valence-corrected chi connectivity index (χ4v) is 4.76. The highest BCUT2D eigenvalue weighted by Crippen LogP contribution is 2.31. The molecular formula is C15H19BrClNOS. The summed E-state index contributed by atoms with van der Waals surface area (Å²) in [6, 6.07) is 3.76. The number of thioether (sulfide) groups is 1. The van der Waals surface area contributed by atoms with Crippen LogP contribution in [0.15, 0.2) is 16.6 Å². The number of aryl methyl sites for hydroxylation is 1. The van der Waals surface area contributed by atoms with Crippen molar-refractivity contribution in [3.8, 4) is 0 Å². The average Bonchev–Trinajstić information content (AvgIpc) is 2.87. The van der Waals surface area contributed by atoms with E-state index >= 15 is 0 Å². The lowest BCUT2D eigenvalue weighted by Crippen LogP contribution is -2.14. The third kappa shape index (κ3) is 4.68. The zero-order valence-electron chi connectivity index (χ0n) is 11.5. The van der Waals surface area contributed by atoms with E-state index in [4.69, 9.17) is 11.6 Å². The lowest BCUT2D eigenvalue weighted by Gasteiger charge is -2.12. The van der Waals surface area contributed by atoms with E-state index in [1.165, 1.54) is 25.7 Å². The third-order valence-electron chi connectivity index (χ3n) is 3.50. The van der Waals surface area contributed by atoms with E-state index in [0.717, 1.165) is 26.7 Å². The molecule has 0 heterocycles. The van der Waals surface area contributed by atoms with Gasteiger partial charge in [0, 0.05) is 21.9 Å². The number of hydrogen-bond acceptors (Lipinski definition) is 2. The number of nitrogens with one attached hydrogen (secondary N) is 1. The molecule has 0 radical (unpaired) electrons. The van der Waals surface area contributed by atoms with Crippen molar-refractivity contribution in [2.75, 3.05) is 11.1 Å². The fraction of sp³-hybridized carbons (Fsp3) is 0.533. The van der Waals surface area contributed by atoms with E-state index in [0.29, 0.717) is 11.4 Å². The van der Waals surface area contributed by atoms with Crippen molar-refractivity contribution in [3.63, 3.8) is 0 Å². The van der Waals surface area contributed by atoms with E-state index in [9.17, 15) is 4.79 Å². The average molecular weight is 377 g/mol. The largest absolute Gasteiger partial charge is 0.325 e. The molecule has 20 heavy (non-hydrogen) atoms. The van der Waals surface area contributed by atoms with Gasteiger partial charge in [0.15, 0.2) is 0 Å². The Morgan fingerprint density at radius 1 is 1.45 bits per heavy atom. The Balaban J connectivity index is 1.82. The van der Waals surface area contributed by atoms with Crippen LogP contribution in [0.3, 0.4) is 0 Å². The molecule has 5 heteroatoms. The molecule has 0 spiro atoms. The van der Waals surface area contributed by atoms with Crippen LogP contribution in [0.5, 0.6) is 0 Å². The molecular weight excluding hydrogens is 358 g/mol. The SMILES string of the molecule is Cc1cc(Br)cc(Cl)c1NC(=O)CCSC1CCCC1. The summed E-state index contributed by atoms with van der Waals surface area (Å²) in [5.74, 6) is 0.937. The Bertz CT molecular complexity index is 466. The second kappa shape index (κ2) is 7.71. The van der Waals surface area contributed by atoms with Gasteiger partial charge in [-0.05, 0) is 37.5 Å². The van der Waals surface area contributed by atoms with Gasteiger partial charge >= 0.3 is 0 Å². The zero-order chi connectivity index (χ0) is 14.5. The molecule has 1 amide bonds. The van der Waals surface area contributed by atoms with Gasteiger partial charge < -0.3 is 5.32 Å². The molecule has 0 unspecified atom stereocenters. The van der Waals surface area contributed by atoms with Gasteiger partial charge in [-0.1, -0.05) is 40.4 Å². The van der Waals surface area contributed by atoms with Crippen LogP contribution in [0.4, 0.5) is 5.69 Å². The normalized spacial score (nSPS) is 15.6. The Hall–Kier alpha value is -0.190. The Labute approximate surface area is 138 Å². The highest BCUT2D eigenvalue weighted by atomic mass is 79.9. The van der Waals surface area contributed by atoms with Crippen molar-refractivity contribution in [2.45, 2.75) is 44.3 Å². The molecule has 2 rings (SSSR count). The molecule has 0 aliphatic heterocycles. The topological polar surface area (TPSA) is 29.1 Å². The molecule has 0 saturated heterocycles. The van der Waals surface area contributed by atoms with E-state index < -0.39 is 0 Å². The monoisotopic (exact) mass is 375 g/mol. The first-order valence-electron chi connectivity index (χ1n) is 6.93. The molecule has 0 bridgehead atoms. The standard InChI is InChI=1S/C15H19BrClNOS/c1-10-8-11(16)9-13(17)15(10)18-14(19)6-7-20-12-4-2-3-5-12/h8-9,12H,2-7H2,1H3,(H,18,19). The molecule has 1 aliphatic carbocycles. The first kappa shape index (κ1) is 16.2. The van der Waals surface area contributed by atoms with Crippen LogP contribution in [-0.2, 0) is 4.79 Å². The number of benzene rings is 1. The molecule has 1 aromatic rings. The summed E-state index contributed by atoms with van der Waals surface area (Å²) in [5.41, 5.74) is 1.70. The summed E-state index contributed by atoms with van der Waals surface area (Å²) in [4.78, 5) is 12.0. The van der Waals surface area contributed by atoms with E-state index in [1.54, 1.807) is 6.07 Å². The number of amides is 1. The van der Waals surface area contributed by atoms with Crippen LogP contribution in [0.1, 0.15) is 37.7 Å². The van der Waals surface area contributed by atoms with E-state index in [1.807, 2.05) is 24.8 Å². The number of anilines is 1. The smallest absolute Gasteiger partial charge is 0.225 e. The minimum Gasteiger partial charge on any atom is -0.325 e. The predicted molar refractivity (Wildman–Crippen MR) is 91.8 cm³/mol. The molecule has 2 nitrogen and oxygen atoms in total. The second-order valence-electron chi connectivity index (χ2n) is 5.15. The predicted octanol–water partition coefficient (Wildman–Crippen LogP) is 5.42. The Kier molecular flexibility index (Phi) is 6.24. The number of halogens is 2. The molecule has 1 fully saturated rings. The summed E-state index contributed by atoms with van der Waals surface area (Å²) in [7, 11) is 0. The molecule has 1 aromatic carbocycles. The van der Waals surface area contributed by atoms with Crippen LogP contribution >= 0.6 is 39.3 Å². The van der Waals surface area contributed by atoms with Crippen LogP contribution in [0, 0.1) is 6.92 Å². The highest BCUT2D eigenvalue weighted by Gasteiger charge is 2.16. The summed E-state index contributed by atoms with van der Waals surface area (Å²) in [5, 5.41) is 4.27. The van der Waals surface area contributed by atoms with Crippen molar-refractivity contribution in [3.05, 3.63) is 27.2 Å². The Morgan fingerprint density at radius 2 is 2.15 bits per heavy atom. The molecule has 1 aliphatic rings. The van der Waals surface area contributed by atoms with Crippen LogP contribution < -0.4 is 5.32 Å². The fourth-order valence-electron chi connectivity index (χ4n) is 2.44. The maximum atomic E-state index is 12.0. The minimum atomic E-state index is 0.0443. The molecule has 0 atom stereocenters. The second-order valence-corrected chi connectivity index (χ2v) is 7.89.